The number of rotatable bonds is 5. The van der Waals surface area contributed by atoms with Crippen molar-refractivity contribution in [3.63, 3.8) is 0 Å². The zero-order chi connectivity index (χ0) is 17.3. The highest BCUT2D eigenvalue weighted by Crippen LogP contribution is 2.35. The molecule has 1 aliphatic rings. The first-order chi connectivity index (χ1) is 11.5. The standard InChI is InChI=1S/C18H19NO5/c1-10(11-6-7-11)19-16(21)9-24-18(23)14-8-15(20)12-4-2-3-5-13(12)17(14)22/h2-5,8,10-11,20,22H,6-7,9H2,1H3,(H,19,21)/t10-/m0/s1. The minimum Gasteiger partial charge on any atom is -0.507 e. The molecule has 0 heterocycles. The summed E-state index contributed by atoms with van der Waals surface area (Å²) in [7, 11) is 0. The number of aromatic hydroxyl groups is 2. The predicted octanol–water partition coefficient (Wildman–Crippen LogP) is 2.32. The van der Waals surface area contributed by atoms with Gasteiger partial charge in [0.2, 0.25) is 0 Å². The van der Waals surface area contributed by atoms with Crippen LogP contribution < -0.4 is 5.32 Å². The van der Waals surface area contributed by atoms with Crippen LogP contribution >= 0.6 is 0 Å². The number of amides is 1. The molecule has 3 N–H and O–H groups in total. The Hall–Kier alpha value is -2.76. The molecule has 0 spiro atoms. The Balaban J connectivity index is 1.69. The molecule has 1 saturated carbocycles. The van der Waals surface area contributed by atoms with Gasteiger partial charge in [0.15, 0.2) is 6.61 Å². The zero-order valence-corrected chi connectivity index (χ0v) is 13.3. The smallest absolute Gasteiger partial charge is 0.342 e. The minimum absolute atomic E-state index is 0.0642. The van der Waals surface area contributed by atoms with Gasteiger partial charge in [0.05, 0.1) is 0 Å². The molecule has 1 amide bonds. The lowest BCUT2D eigenvalue weighted by molar-refractivity contribution is -0.125. The second kappa shape index (κ2) is 6.39. The van der Waals surface area contributed by atoms with Gasteiger partial charge in [-0.1, -0.05) is 24.3 Å². The van der Waals surface area contributed by atoms with Crippen LogP contribution in [0.3, 0.4) is 0 Å². The number of nitrogens with one attached hydrogen (secondary N) is 1. The van der Waals surface area contributed by atoms with Crippen LogP contribution in [0, 0.1) is 5.92 Å². The van der Waals surface area contributed by atoms with Gasteiger partial charge in [0.1, 0.15) is 17.1 Å². The molecule has 0 unspecified atom stereocenters. The molecule has 126 valence electrons. The molecule has 0 aliphatic heterocycles. The van der Waals surface area contributed by atoms with Gasteiger partial charge in [-0.2, -0.15) is 0 Å². The summed E-state index contributed by atoms with van der Waals surface area (Å²) in [5.74, 6) is -1.15. The normalized spacial score (nSPS) is 15.0. The first-order valence-electron chi connectivity index (χ1n) is 7.87. The van der Waals surface area contributed by atoms with Crippen molar-refractivity contribution in [2.45, 2.75) is 25.8 Å². The average Bonchev–Trinajstić information content (AvgIpc) is 3.41. The van der Waals surface area contributed by atoms with Crippen molar-refractivity contribution in [3.8, 4) is 11.5 Å². The van der Waals surface area contributed by atoms with Crippen molar-refractivity contribution < 1.29 is 24.5 Å². The van der Waals surface area contributed by atoms with E-state index < -0.39 is 12.6 Å². The minimum atomic E-state index is -0.859. The van der Waals surface area contributed by atoms with Crippen LogP contribution in [0.4, 0.5) is 0 Å². The van der Waals surface area contributed by atoms with Gasteiger partial charge < -0.3 is 20.3 Å². The molecule has 2 aromatic carbocycles. The lowest BCUT2D eigenvalue weighted by atomic mass is 10.0. The van der Waals surface area contributed by atoms with Crippen molar-refractivity contribution in [3.05, 3.63) is 35.9 Å². The number of carbonyl (C=O) groups is 2. The molecule has 0 saturated heterocycles. The van der Waals surface area contributed by atoms with Crippen molar-refractivity contribution >= 4 is 22.6 Å². The van der Waals surface area contributed by atoms with Gasteiger partial charge in [0.25, 0.3) is 5.91 Å². The maximum absolute atomic E-state index is 12.1. The van der Waals surface area contributed by atoms with Gasteiger partial charge in [0, 0.05) is 16.8 Å². The van der Waals surface area contributed by atoms with Gasteiger partial charge in [-0.05, 0) is 31.7 Å². The number of phenolic OH excluding ortho intramolecular Hbond substituents is 2. The first kappa shape index (κ1) is 16.1. The number of esters is 1. The molecule has 0 aromatic heterocycles. The SMILES string of the molecule is C[C@H](NC(=O)COC(=O)c1cc(O)c2ccccc2c1O)C1CC1. The number of hydrogen-bond donors (Lipinski definition) is 3. The Morgan fingerprint density at radius 2 is 1.92 bits per heavy atom. The maximum atomic E-state index is 12.1. The number of hydrogen-bond acceptors (Lipinski definition) is 5. The highest BCUT2D eigenvalue weighted by molar-refractivity contribution is 6.04. The van der Waals surface area contributed by atoms with E-state index in [-0.39, 0.29) is 29.0 Å². The van der Waals surface area contributed by atoms with E-state index in [1.165, 1.54) is 0 Å². The quantitative estimate of drug-likeness (QED) is 0.578. The molecule has 1 aliphatic carbocycles. The molecule has 24 heavy (non-hydrogen) atoms. The largest absolute Gasteiger partial charge is 0.507 e. The van der Waals surface area contributed by atoms with Crippen LogP contribution in [0.2, 0.25) is 0 Å². The monoisotopic (exact) mass is 329 g/mol. The average molecular weight is 329 g/mol. The van der Waals surface area contributed by atoms with Crippen LogP contribution in [-0.4, -0.2) is 34.7 Å². The van der Waals surface area contributed by atoms with Crippen molar-refractivity contribution in [1.29, 1.82) is 0 Å². The molecule has 1 fully saturated rings. The third-order valence-electron chi connectivity index (χ3n) is 4.27. The summed E-state index contributed by atoms with van der Waals surface area (Å²) in [6.45, 7) is 1.49. The Morgan fingerprint density at radius 1 is 1.25 bits per heavy atom. The Bertz CT molecular complexity index is 797. The number of phenols is 2. The number of benzene rings is 2. The summed E-state index contributed by atoms with van der Waals surface area (Å²) in [4.78, 5) is 23.9. The fourth-order valence-electron chi connectivity index (χ4n) is 2.72. The van der Waals surface area contributed by atoms with E-state index in [1.54, 1.807) is 24.3 Å². The zero-order valence-electron chi connectivity index (χ0n) is 13.3. The predicted molar refractivity (Wildman–Crippen MR) is 87.9 cm³/mol. The van der Waals surface area contributed by atoms with E-state index >= 15 is 0 Å². The summed E-state index contributed by atoms with van der Waals surface area (Å²) in [5.41, 5.74) is -0.172. The fraction of sp³-hybridized carbons (Fsp3) is 0.333. The van der Waals surface area contributed by atoms with Gasteiger partial charge in [-0.3, -0.25) is 4.79 Å². The van der Waals surface area contributed by atoms with E-state index in [0.717, 1.165) is 18.9 Å². The maximum Gasteiger partial charge on any atom is 0.342 e. The Kier molecular flexibility index (Phi) is 4.29. The summed E-state index contributed by atoms with van der Waals surface area (Å²) in [6, 6.07) is 7.82. The molecule has 3 rings (SSSR count). The molecule has 6 heteroatoms. The van der Waals surface area contributed by atoms with E-state index in [2.05, 4.69) is 5.32 Å². The molecule has 6 nitrogen and oxygen atoms in total. The molecule has 0 bridgehead atoms. The van der Waals surface area contributed by atoms with E-state index in [1.807, 2.05) is 6.92 Å². The lowest BCUT2D eigenvalue weighted by Crippen LogP contribution is -2.37. The van der Waals surface area contributed by atoms with Gasteiger partial charge in [-0.15, -0.1) is 0 Å². The van der Waals surface area contributed by atoms with Crippen LogP contribution in [-0.2, 0) is 9.53 Å². The number of fused-ring (bicyclic) bond motifs is 1. The van der Waals surface area contributed by atoms with E-state index in [4.69, 9.17) is 4.74 Å². The topological polar surface area (TPSA) is 95.9 Å². The Morgan fingerprint density at radius 3 is 2.58 bits per heavy atom. The molecular weight excluding hydrogens is 310 g/mol. The highest BCUT2D eigenvalue weighted by Gasteiger charge is 2.29. The number of carbonyl (C=O) groups excluding carboxylic acids is 2. The summed E-state index contributed by atoms with van der Waals surface area (Å²) < 4.78 is 4.95. The number of ether oxygens (including phenoxy) is 1. The summed E-state index contributed by atoms with van der Waals surface area (Å²) >= 11 is 0. The molecule has 0 radical (unpaired) electrons. The third-order valence-corrected chi connectivity index (χ3v) is 4.27. The van der Waals surface area contributed by atoms with Crippen LogP contribution in [0.15, 0.2) is 30.3 Å². The summed E-state index contributed by atoms with van der Waals surface area (Å²) in [6.07, 6.45) is 2.21. The fourth-order valence-corrected chi connectivity index (χ4v) is 2.72. The second-order valence-corrected chi connectivity index (χ2v) is 6.11. The van der Waals surface area contributed by atoms with Crippen LogP contribution in [0.5, 0.6) is 11.5 Å². The van der Waals surface area contributed by atoms with Crippen molar-refractivity contribution in [2.75, 3.05) is 6.61 Å². The van der Waals surface area contributed by atoms with Crippen molar-refractivity contribution in [2.24, 2.45) is 5.92 Å². The van der Waals surface area contributed by atoms with E-state index in [0.29, 0.717) is 16.7 Å². The van der Waals surface area contributed by atoms with Gasteiger partial charge >= 0.3 is 5.97 Å². The highest BCUT2D eigenvalue weighted by atomic mass is 16.5. The lowest BCUT2D eigenvalue weighted by Gasteiger charge is -2.13. The van der Waals surface area contributed by atoms with Gasteiger partial charge in [-0.25, -0.2) is 4.79 Å². The summed E-state index contributed by atoms with van der Waals surface area (Å²) in [5, 5.41) is 23.8. The van der Waals surface area contributed by atoms with Crippen LogP contribution in [0.25, 0.3) is 10.8 Å². The first-order valence-corrected chi connectivity index (χ1v) is 7.87. The Labute approximate surface area is 139 Å². The second-order valence-electron chi connectivity index (χ2n) is 6.11. The molecule has 2 aromatic rings. The van der Waals surface area contributed by atoms with Crippen LogP contribution in [0.1, 0.15) is 30.1 Å². The molecule has 1 atom stereocenters. The molecular formula is C18H19NO5. The van der Waals surface area contributed by atoms with Crippen molar-refractivity contribution in [1.82, 2.24) is 5.32 Å². The third kappa shape index (κ3) is 3.27. The van der Waals surface area contributed by atoms with E-state index in [9.17, 15) is 19.8 Å².